The van der Waals surface area contributed by atoms with Gasteiger partial charge in [0.05, 0.1) is 10.8 Å². The maximum absolute atomic E-state index is 11.9. The third-order valence-electron chi connectivity index (χ3n) is 4.18. The highest BCUT2D eigenvalue weighted by atomic mass is 16.6. The van der Waals surface area contributed by atoms with Crippen molar-refractivity contribution in [2.24, 2.45) is 5.92 Å². The van der Waals surface area contributed by atoms with Gasteiger partial charge in [0.15, 0.2) is 0 Å². The van der Waals surface area contributed by atoms with Crippen LogP contribution in [0, 0.1) is 16.0 Å². The minimum Gasteiger partial charge on any atom is -0.489 e. The number of benzene rings is 2. The van der Waals surface area contributed by atoms with E-state index in [1.807, 2.05) is 0 Å². The molecule has 1 aliphatic heterocycles. The fourth-order valence-electron chi connectivity index (χ4n) is 2.73. The van der Waals surface area contributed by atoms with Gasteiger partial charge in [0, 0.05) is 30.8 Å². The number of nitro groups is 1. The summed E-state index contributed by atoms with van der Waals surface area (Å²) in [6.45, 7) is 0.415. The van der Waals surface area contributed by atoms with Crippen LogP contribution in [0.2, 0.25) is 0 Å². The van der Waals surface area contributed by atoms with E-state index >= 15 is 0 Å². The van der Waals surface area contributed by atoms with Gasteiger partial charge in [-0.25, -0.2) is 0 Å². The summed E-state index contributed by atoms with van der Waals surface area (Å²) in [4.78, 5) is 34.6. The third kappa shape index (κ3) is 3.80. The predicted molar refractivity (Wildman–Crippen MR) is 92.0 cm³/mol. The topological polar surface area (TPSA) is 110 Å². The van der Waals surface area contributed by atoms with Crippen molar-refractivity contribution in [3.05, 3.63) is 64.2 Å². The Bertz CT molecular complexity index is 832. The molecule has 1 heterocycles. The highest BCUT2D eigenvalue weighted by Crippen LogP contribution is 2.27. The van der Waals surface area contributed by atoms with Crippen molar-refractivity contribution in [3.63, 3.8) is 0 Å². The first-order valence-corrected chi connectivity index (χ1v) is 7.93. The fraction of sp³-hybridized carbons (Fsp3) is 0.222. The quantitative estimate of drug-likeness (QED) is 0.629. The summed E-state index contributed by atoms with van der Waals surface area (Å²) < 4.78 is 5.63. The van der Waals surface area contributed by atoms with Crippen molar-refractivity contribution in [1.29, 1.82) is 0 Å². The summed E-state index contributed by atoms with van der Waals surface area (Å²) in [6.07, 6.45) is 0.00767. The maximum Gasteiger partial charge on any atom is 0.308 e. The van der Waals surface area contributed by atoms with Crippen LogP contribution in [0.15, 0.2) is 48.5 Å². The Morgan fingerprint density at radius 1 is 1.19 bits per heavy atom. The molecule has 0 aromatic heterocycles. The third-order valence-corrected chi connectivity index (χ3v) is 4.18. The van der Waals surface area contributed by atoms with Gasteiger partial charge < -0.3 is 14.7 Å². The van der Waals surface area contributed by atoms with Crippen molar-refractivity contribution in [1.82, 2.24) is 0 Å². The van der Waals surface area contributed by atoms with Crippen LogP contribution < -0.4 is 9.64 Å². The van der Waals surface area contributed by atoms with Gasteiger partial charge in [-0.2, -0.15) is 0 Å². The molecule has 1 unspecified atom stereocenters. The van der Waals surface area contributed by atoms with E-state index in [2.05, 4.69) is 0 Å². The molecule has 26 heavy (non-hydrogen) atoms. The first-order valence-electron chi connectivity index (χ1n) is 7.93. The molecule has 8 heteroatoms. The molecule has 2 aromatic carbocycles. The summed E-state index contributed by atoms with van der Waals surface area (Å²) >= 11 is 0. The van der Waals surface area contributed by atoms with E-state index in [-0.39, 0.29) is 31.2 Å². The first-order chi connectivity index (χ1) is 12.4. The normalized spacial score (nSPS) is 16.5. The monoisotopic (exact) mass is 356 g/mol. The molecule has 0 saturated carbocycles. The average Bonchev–Trinajstić information content (AvgIpc) is 3.03. The van der Waals surface area contributed by atoms with Crippen molar-refractivity contribution in [3.8, 4) is 5.75 Å². The number of ether oxygens (including phenoxy) is 1. The van der Waals surface area contributed by atoms with Gasteiger partial charge in [-0.3, -0.25) is 19.7 Å². The van der Waals surface area contributed by atoms with Gasteiger partial charge in [-0.15, -0.1) is 0 Å². The number of carboxylic acids is 1. The van der Waals surface area contributed by atoms with E-state index in [1.54, 1.807) is 36.4 Å². The Kier molecular flexibility index (Phi) is 4.83. The van der Waals surface area contributed by atoms with Crippen molar-refractivity contribution < 1.29 is 24.4 Å². The van der Waals surface area contributed by atoms with Crippen molar-refractivity contribution in [2.45, 2.75) is 13.0 Å². The molecule has 0 spiro atoms. The standard InChI is InChI=1S/C18H16N2O6/c21-17-9-13(18(22)23)10-19(17)14-5-7-16(8-6-14)26-11-12-1-3-15(4-2-12)20(24)25/h1-8,13H,9-11H2,(H,22,23). The Balaban J connectivity index is 1.60. The van der Waals surface area contributed by atoms with Crippen LogP contribution in [0.5, 0.6) is 5.75 Å². The number of aliphatic carboxylic acids is 1. The number of hydrogen-bond acceptors (Lipinski definition) is 5. The SMILES string of the molecule is O=C(O)C1CC(=O)N(c2ccc(OCc3ccc([N+](=O)[O-])cc3)cc2)C1. The molecule has 1 saturated heterocycles. The Morgan fingerprint density at radius 3 is 2.38 bits per heavy atom. The highest BCUT2D eigenvalue weighted by Gasteiger charge is 2.34. The number of nitro benzene ring substituents is 1. The molecular formula is C18H16N2O6. The number of nitrogens with zero attached hydrogens (tertiary/aromatic N) is 2. The first kappa shape index (κ1) is 17.4. The van der Waals surface area contributed by atoms with Crippen LogP contribution in [0.3, 0.4) is 0 Å². The van der Waals surface area contributed by atoms with E-state index in [0.717, 1.165) is 5.56 Å². The number of non-ortho nitro benzene ring substituents is 1. The van der Waals surface area contributed by atoms with Crippen LogP contribution in [-0.2, 0) is 16.2 Å². The zero-order valence-corrected chi connectivity index (χ0v) is 13.7. The van der Waals surface area contributed by atoms with Crippen LogP contribution in [0.25, 0.3) is 0 Å². The van der Waals surface area contributed by atoms with Gasteiger partial charge in [0.1, 0.15) is 12.4 Å². The largest absolute Gasteiger partial charge is 0.489 e. The fourth-order valence-corrected chi connectivity index (χ4v) is 2.73. The summed E-state index contributed by atoms with van der Waals surface area (Å²) in [5.41, 5.74) is 1.44. The van der Waals surface area contributed by atoms with Crippen molar-refractivity contribution >= 4 is 23.3 Å². The Labute approximate surface area is 148 Å². The molecule has 3 rings (SSSR count). The Morgan fingerprint density at radius 2 is 1.85 bits per heavy atom. The minimum atomic E-state index is -0.969. The molecule has 1 amide bonds. The second-order valence-corrected chi connectivity index (χ2v) is 5.95. The molecule has 134 valence electrons. The van der Waals surface area contributed by atoms with Crippen molar-refractivity contribution in [2.75, 3.05) is 11.4 Å². The van der Waals surface area contributed by atoms with E-state index < -0.39 is 16.8 Å². The number of carboxylic acid groups (broad SMARTS) is 1. The smallest absolute Gasteiger partial charge is 0.308 e. The number of anilines is 1. The molecule has 1 N–H and O–H groups in total. The molecule has 1 fully saturated rings. The number of carbonyl (C=O) groups excluding carboxylic acids is 1. The van der Waals surface area contributed by atoms with E-state index in [1.165, 1.54) is 17.0 Å². The van der Waals surface area contributed by atoms with Gasteiger partial charge in [0.25, 0.3) is 5.69 Å². The molecule has 2 aromatic rings. The number of hydrogen-bond donors (Lipinski definition) is 1. The second kappa shape index (κ2) is 7.22. The van der Waals surface area contributed by atoms with Crippen LogP contribution >= 0.6 is 0 Å². The summed E-state index contributed by atoms with van der Waals surface area (Å²) in [7, 11) is 0. The van der Waals surface area contributed by atoms with Crippen LogP contribution in [-0.4, -0.2) is 28.5 Å². The summed E-state index contributed by atoms with van der Waals surface area (Å²) in [5, 5.41) is 19.7. The zero-order chi connectivity index (χ0) is 18.7. The number of rotatable bonds is 6. The van der Waals surface area contributed by atoms with Gasteiger partial charge in [0.2, 0.25) is 5.91 Å². The van der Waals surface area contributed by atoms with Gasteiger partial charge in [-0.1, -0.05) is 0 Å². The summed E-state index contributed by atoms with van der Waals surface area (Å²) in [5.74, 6) is -1.28. The second-order valence-electron chi connectivity index (χ2n) is 5.95. The van der Waals surface area contributed by atoms with E-state index in [9.17, 15) is 19.7 Å². The number of amides is 1. The molecule has 0 radical (unpaired) electrons. The molecule has 8 nitrogen and oxygen atoms in total. The summed E-state index contributed by atoms with van der Waals surface area (Å²) in [6, 6.07) is 12.9. The van der Waals surface area contributed by atoms with Gasteiger partial charge in [-0.05, 0) is 42.0 Å². The lowest BCUT2D eigenvalue weighted by Gasteiger charge is -2.16. The molecule has 1 aliphatic rings. The zero-order valence-electron chi connectivity index (χ0n) is 13.7. The lowest BCUT2D eigenvalue weighted by atomic mass is 10.1. The average molecular weight is 356 g/mol. The molecule has 1 atom stereocenters. The number of carbonyl (C=O) groups is 2. The van der Waals surface area contributed by atoms with E-state index in [4.69, 9.17) is 9.84 Å². The molecule has 0 aliphatic carbocycles. The minimum absolute atomic E-state index is 0.00767. The lowest BCUT2D eigenvalue weighted by molar-refractivity contribution is -0.384. The predicted octanol–water partition coefficient (Wildman–Crippen LogP) is 2.61. The molecule has 0 bridgehead atoms. The van der Waals surface area contributed by atoms with E-state index in [0.29, 0.717) is 11.4 Å². The van der Waals surface area contributed by atoms with Crippen LogP contribution in [0.1, 0.15) is 12.0 Å². The lowest BCUT2D eigenvalue weighted by Crippen LogP contribution is -2.25. The highest BCUT2D eigenvalue weighted by molar-refractivity contribution is 5.99. The Hall–Kier alpha value is -3.42. The van der Waals surface area contributed by atoms with Gasteiger partial charge >= 0.3 is 5.97 Å². The molecular weight excluding hydrogens is 340 g/mol. The maximum atomic E-state index is 11.9. The van der Waals surface area contributed by atoms with Crippen LogP contribution in [0.4, 0.5) is 11.4 Å².